The quantitative estimate of drug-likeness (QED) is 0.804. The van der Waals surface area contributed by atoms with Crippen molar-refractivity contribution >= 4 is 22.6 Å². The molecule has 3 aromatic rings. The van der Waals surface area contributed by atoms with Crippen molar-refractivity contribution in [3.63, 3.8) is 0 Å². The Morgan fingerprint density at radius 1 is 1.23 bits per heavy atom. The van der Waals surface area contributed by atoms with E-state index in [0.29, 0.717) is 0 Å². The Bertz CT molecular complexity index is 817. The van der Waals surface area contributed by atoms with Crippen LogP contribution < -0.4 is 0 Å². The number of aromatic amines is 1. The average molecular weight is 318 g/mol. The van der Waals surface area contributed by atoms with E-state index in [-0.39, 0.29) is 0 Å². The standard InChI is InChI=1S/C16H20ClN5/c1-10-11(2)22(4)16(18-10)9-21(3)8-15-19-13-6-5-12(17)7-14(13)20-15/h5-7H,8-9H2,1-4H3,(H,19,20). The van der Waals surface area contributed by atoms with Crippen molar-refractivity contribution in [3.05, 3.63) is 46.3 Å². The number of halogens is 1. The Hall–Kier alpha value is -1.85. The van der Waals surface area contributed by atoms with Crippen molar-refractivity contribution in [1.29, 1.82) is 0 Å². The first-order valence-electron chi connectivity index (χ1n) is 7.25. The van der Waals surface area contributed by atoms with Gasteiger partial charge in [-0.25, -0.2) is 9.97 Å². The summed E-state index contributed by atoms with van der Waals surface area (Å²) in [6, 6.07) is 5.69. The number of hydrogen-bond acceptors (Lipinski definition) is 3. The van der Waals surface area contributed by atoms with E-state index in [2.05, 4.69) is 45.4 Å². The molecule has 0 radical (unpaired) electrons. The molecule has 116 valence electrons. The van der Waals surface area contributed by atoms with E-state index in [9.17, 15) is 0 Å². The zero-order valence-electron chi connectivity index (χ0n) is 13.3. The molecule has 2 aromatic heterocycles. The minimum atomic E-state index is 0.718. The molecule has 0 aliphatic carbocycles. The van der Waals surface area contributed by atoms with Gasteiger partial charge >= 0.3 is 0 Å². The summed E-state index contributed by atoms with van der Waals surface area (Å²) in [6.45, 7) is 5.65. The lowest BCUT2D eigenvalue weighted by atomic mass is 10.3. The van der Waals surface area contributed by atoms with E-state index in [1.54, 1.807) is 0 Å². The Morgan fingerprint density at radius 3 is 2.68 bits per heavy atom. The van der Waals surface area contributed by atoms with Gasteiger partial charge in [0.25, 0.3) is 0 Å². The highest BCUT2D eigenvalue weighted by molar-refractivity contribution is 6.31. The summed E-state index contributed by atoms with van der Waals surface area (Å²) < 4.78 is 2.14. The van der Waals surface area contributed by atoms with Gasteiger partial charge in [0.1, 0.15) is 11.6 Å². The van der Waals surface area contributed by atoms with Gasteiger partial charge in [-0.3, -0.25) is 4.90 Å². The summed E-state index contributed by atoms with van der Waals surface area (Å²) in [5.41, 5.74) is 4.21. The van der Waals surface area contributed by atoms with Crippen molar-refractivity contribution in [3.8, 4) is 0 Å². The van der Waals surface area contributed by atoms with Gasteiger partial charge in [-0.1, -0.05) is 11.6 Å². The van der Waals surface area contributed by atoms with Crippen LogP contribution in [0, 0.1) is 13.8 Å². The van der Waals surface area contributed by atoms with Gasteiger partial charge < -0.3 is 9.55 Å². The molecule has 6 heteroatoms. The van der Waals surface area contributed by atoms with Crippen LogP contribution in [0.4, 0.5) is 0 Å². The molecule has 1 aromatic carbocycles. The number of aromatic nitrogens is 4. The van der Waals surface area contributed by atoms with E-state index in [0.717, 1.165) is 46.5 Å². The third-order valence-electron chi connectivity index (χ3n) is 4.03. The average Bonchev–Trinajstić information content (AvgIpc) is 2.95. The maximum atomic E-state index is 6.01. The molecular weight excluding hydrogens is 298 g/mol. The third-order valence-corrected chi connectivity index (χ3v) is 4.27. The second-order valence-corrected chi connectivity index (χ2v) is 6.21. The number of benzene rings is 1. The van der Waals surface area contributed by atoms with Gasteiger partial charge in [0.05, 0.1) is 29.8 Å². The number of nitrogens with one attached hydrogen (secondary N) is 1. The number of H-pyrrole nitrogens is 1. The first kappa shape index (κ1) is 15.1. The smallest absolute Gasteiger partial charge is 0.123 e. The number of fused-ring (bicyclic) bond motifs is 1. The Labute approximate surface area is 134 Å². The molecular formula is C16H20ClN5. The molecule has 2 heterocycles. The van der Waals surface area contributed by atoms with Crippen LogP contribution in [-0.4, -0.2) is 31.5 Å². The molecule has 1 N–H and O–H groups in total. The van der Waals surface area contributed by atoms with Gasteiger partial charge in [-0.15, -0.1) is 0 Å². The third kappa shape index (κ3) is 2.87. The predicted octanol–water partition coefficient (Wildman–Crippen LogP) is 3.20. The second kappa shape index (κ2) is 5.74. The molecule has 3 rings (SSSR count). The topological polar surface area (TPSA) is 49.7 Å². The van der Waals surface area contributed by atoms with Gasteiger partial charge in [0.2, 0.25) is 0 Å². The summed E-state index contributed by atoms with van der Waals surface area (Å²) in [4.78, 5) is 14.7. The van der Waals surface area contributed by atoms with E-state index in [4.69, 9.17) is 11.6 Å². The van der Waals surface area contributed by atoms with E-state index in [1.807, 2.05) is 25.1 Å². The molecule has 0 aliphatic rings. The van der Waals surface area contributed by atoms with E-state index in [1.165, 1.54) is 5.69 Å². The zero-order valence-corrected chi connectivity index (χ0v) is 14.1. The van der Waals surface area contributed by atoms with Crippen LogP contribution in [0.2, 0.25) is 5.02 Å². The lowest BCUT2D eigenvalue weighted by Gasteiger charge is -2.14. The summed E-state index contributed by atoms with van der Waals surface area (Å²) in [6.07, 6.45) is 0. The lowest BCUT2D eigenvalue weighted by molar-refractivity contribution is 0.300. The molecule has 0 bridgehead atoms. The molecule has 5 nitrogen and oxygen atoms in total. The van der Waals surface area contributed by atoms with Crippen LogP contribution in [0.5, 0.6) is 0 Å². The second-order valence-electron chi connectivity index (χ2n) is 5.78. The molecule has 0 aliphatic heterocycles. The molecule has 0 atom stereocenters. The van der Waals surface area contributed by atoms with Crippen LogP contribution in [0.3, 0.4) is 0 Å². The van der Waals surface area contributed by atoms with Crippen LogP contribution in [0.1, 0.15) is 23.0 Å². The molecule has 0 unspecified atom stereocenters. The Balaban J connectivity index is 1.75. The van der Waals surface area contributed by atoms with Crippen molar-refractivity contribution in [1.82, 2.24) is 24.4 Å². The summed E-state index contributed by atoms with van der Waals surface area (Å²) in [7, 11) is 4.13. The number of hydrogen-bond donors (Lipinski definition) is 1. The highest BCUT2D eigenvalue weighted by Crippen LogP contribution is 2.18. The zero-order chi connectivity index (χ0) is 15.9. The van der Waals surface area contributed by atoms with Crippen LogP contribution >= 0.6 is 11.6 Å². The maximum absolute atomic E-state index is 6.01. The molecule has 22 heavy (non-hydrogen) atoms. The highest BCUT2D eigenvalue weighted by Gasteiger charge is 2.12. The first-order chi connectivity index (χ1) is 10.4. The fourth-order valence-electron chi connectivity index (χ4n) is 2.59. The van der Waals surface area contributed by atoms with E-state index < -0.39 is 0 Å². The molecule has 0 spiro atoms. The fraction of sp³-hybridized carbons (Fsp3) is 0.375. The normalized spacial score (nSPS) is 11.7. The molecule has 0 amide bonds. The number of imidazole rings is 2. The predicted molar refractivity (Wildman–Crippen MR) is 89.0 cm³/mol. The Morgan fingerprint density at radius 2 is 2.00 bits per heavy atom. The van der Waals surface area contributed by atoms with Crippen LogP contribution in [0.15, 0.2) is 18.2 Å². The number of rotatable bonds is 4. The van der Waals surface area contributed by atoms with Gasteiger partial charge in [-0.05, 0) is 39.1 Å². The molecule has 0 saturated heterocycles. The fourth-order valence-corrected chi connectivity index (χ4v) is 2.76. The summed E-state index contributed by atoms with van der Waals surface area (Å²) >= 11 is 6.01. The monoisotopic (exact) mass is 317 g/mol. The van der Waals surface area contributed by atoms with Crippen molar-refractivity contribution in [2.24, 2.45) is 7.05 Å². The van der Waals surface area contributed by atoms with Crippen molar-refractivity contribution in [2.45, 2.75) is 26.9 Å². The van der Waals surface area contributed by atoms with Crippen molar-refractivity contribution in [2.75, 3.05) is 7.05 Å². The van der Waals surface area contributed by atoms with Gasteiger partial charge in [0.15, 0.2) is 0 Å². The minimum absolute atomic E-state index is 0.718. The SMILES string of the molecule is Cc1nc(CN(C)Cc2nc3ccc(Cl)cc3[nH]2)n(C)c1C. The van der Waals surface area contributed by atoms with Gasteiger partial charge in [0, 0.05) is 17.8 Å². The first-order valence-corrected chi connectivity index (χ1v) is 7.63. The van der Waals surface area contributed by atoms with Gasteiger partial charge in [-0.2, -0.15) is 0 Å². The largest absolute Gasteiger partial charge is 0.341 e. The Kier molecular flexibility index (Phi) is 3.93. The molecule has 0 saturated carbocycles. The van der Waals surface area contributed by atoms with Crippen molar-refractivity contribution < 1.29 is 0 Å². The molecule has 0 fully saturated rings. The minimum Gasteiger partial charge on any atom is -0.341 e. The summed E-state index contributed by atoms with van der Waals surface area (Å²) in [5, 5.41) is 0.718. The van der Waals surface area contributed by atoms with Crippen LogP contribution in [0.25, 0.3) is 11.0 Å². The number of aryl methyl sites for hydroxylation is 1. The van der Waals surface area contributed by atoms with Crippen LogP contribution in [-0.2, 0) is 20.1 Å². The van der Waals surface area contributed by atoms with E-state index >= 15 is 0 Å². The lowest BCUT2D eigenvalue weighted by Crippen LogP contribution is -2.20. The summed E-state index contributed by atoms with van der Waals surface area (Å²) in [5.74, 6) is 2.00. The number of nitrogens with zero attached hydrogens (tertiary/aromatic N) is 4. The highest BCUT2D eigenvalue weighted by atomic mass is 35.5. The maximum Gasteiger partial charge on any atom is 0.123 e.